The third-order valence-corrected chi connectivity index (χ3v) is 4.01. The van der Waals surface area contributed by atoms with Crippen molar-refractivity contribution in [1.29, 1.82) is 0 Å². The second-order valence-electron chi connectivity index (χ2n) is 5.86. The van der Waals surface area contributed by atoms with E-state index >= 15 is 0 Å². The Morgan fingerprint density at radius 3 is 2.31 bits per heavy atom. The van der Waals surface area contributed by atoms with Crippen molar-refractivity contribution in [1.82, 2.24) is 9.78 Å². The van der Waals surface area contributed by atoms with Crippen LogP contribution in [-0.4, -0.2) is 21.6 Å². The van der Waals surface area contributed by atoms with Crippen molar-refractivity contribution >= 4 is 23.3 Å². The fourth-order valence-electron chi connectivity index (χ4n) is 2.49. The lowest BCUT2D eigenvalue weighted by atomic mass is 10.1. The van der Waals surface area contributed by atoms with E-state index in [2.05, 4.69) is 22.7 Å². The van der Waals surface area contributed by atoms with E-state index in [1.54, 1.807) is 37.4 Å². The largest absolute Gasteiger partial charge is 0.321 e. The van der Waals surface area contributed by atoms with Gasteiger partial charge in [-0.15, -0.1) is 0 Å². The molecule has 3 rings (SSSR count). The fourth-order valence-corrected chi connectivity index (χ4v) is 2.49. The number of carbonyl (C=O) groups excluding carboxylic acids is 2. The Morgan fingerprint density at radius 2 is 1.65 bits per heavy atom. The van der Waals surface area contributed by atoms with Gasteiger partial charge in [0, 0.05) is 24.4 Å². The van der Waals surface area contributed by atoms with Crippen LogP contribution in [0.1, 0.15) is 33.3 Å². The topological polar surface area (TPSA) is 76.0 Å². The van der Waals surface area contributed by atoms with Gasteiger partial charge in [0.25, 0.3) is 11.8 Å². The minimum atomic E-state index is -0.329. The summed E-state index contributed by atoms with van der Waals surface area (Å²) in [5.74, 6) is -0.133. The Balaban J connectivity index is 1.70. The van der Waals surface area contributed by atoms with Crippen molar-refractivity contribution in [2.75, 3.05) is 10.6 Å². The number of aromatic nitrogens is 2. The quantitative estimate of drug-likeness (QED) is 0.741. The maximum Gasteiger partial charge on any atom is 0.276 e. The van der Waals surface area contributed by atoms with Gasteiger partial charge in [0.1, 0.15) is 5.82 Å². The molecular formula is C20H20N4O2. The van der Waals surface area contributed by atoms with E-state index in [1.165, 1.54) is 10.2 Å². The van der Waals surface area contributed by atoms with Crippen LogP contribution in [0, 0.1) is 0 Å². The standard InChI is InChI=1S/C20H20N4O2/c1-3-14-9-11-16(12-10-14)21-20(26)17-13-18(24(2)23-17)22-19(25)15-7-5-4-6-8-15/h4-13H,3H2,1-2H3,(H,21,26)(H,22,25). The maximum atomic E-state index is 12.4. The first-order valence-corrected chi connectivity index (χ1v) is 8.37. The van der Waals surface area contributed by atoms with E-state index in [-0.39, 0.29) is 17.5 Å². The molecule has 0 bridgehead atoms. The van der Waals surface area contributed by atoms with Crippen LogP contribution in [0.15, 0.2) is 60.7 Å². The lowest BCUT2D eigenvalue weighted by molar-refractivity contribution is 0.101. The van der Waals surface area contributed by atoms with Gasteiger partial charge in [0.15, 0.2) is 5.69 Å². The minimum Gasteiger partial charge on any atom is -0.321 e. The lowest BCUT2D eigenvalue weighted by Gasteiger charge is -2.04. The summed E-state index contributed by atoms with van der Waals surface area (Å²) in [7, 11) is 1.67. The third-order valence-electron chi connectivity index (χ3n) is 4.01. The van der Waals surface area contributed by atoms with E-state index < -0.39 is 0 Å². The maximum absolute atomic E-state index is 12.4. The Labute approximate surface area is 151 Å². The van der Waals surface area contributed by atoms with E-state index in [1.807, 2.05) is 30.3 Å². The highest BCUT2D eigenvalue weighted by molar-refractivity contribution is 6.06. The number of nitrogens with one attached hydrogen (secondary N) is 2. The molecule has 3 aromatic rings. The zero-order valence-electron chi connectivity index (χ0n) is 14.7. The van der Waals surface area contributed by atoms with Gasteiger partial charge in [-0.3, -0.25) is 14.3 Å². The van der Waals surface area contributed by atoms with Crippen molar-refractivity contribution in [2.45, 2.75) is 13.3 Å². The summed E-state index contributed by atoms with van der Waals surface area (Å²) < 4.78 is 1.47. The van der Waals surface area contributed by atoms with Crippen LogP contribution in [0.2, 0.25) is 0 Å². The number of nitrogens with zero attached hydrogens (tertiary/aromatic N) is 2. The molecule has 0 radical (unpaired) electrons. The van der Waals surface area contributed by atoms with Crippen LogP contribution in [0.25, 0.3) is 0 Å². The molecule has 6 heteroatoms. The van der Waals surface area contributed by atoms with Gasteiger partial charge in [0.2, 0.25) is 0 Å². The van der Waals surface area contributed by atoms with E-state index in [4.69, 9.17) is 0 Å². The molecule has 0 unspecified atom stereocenters. The van der Waals surface area contributed by atoms with Gasteiger partial charge in [-0.05, 0) is 36.2 Å². The Bertz CT molecular complexity index is 915. The van der Waals surface area contributed by atoms with Gasteiger partial charge < -0.3 is 10.6 Å². The molecule has 26 heavy (non-hydrogen) atoms. The molecule has 0 aliphatic carbocycles. The predicted octanol–water partition coefficient (Wildman–Crippen LogP) is 3.49. The molecular weight excluding hydrogens is 328 g/mol. The molecule has 0 fully saturated rings. The first kappa shape index (κ1) is 17.4. The zero-order chi connectivity index (χ0) is 18.5. The number of hydrogen-bond donors (Lipinski definition) is 2. The molecule has 2 amide bonds. The van der Waals surface area contributed by atoms with Crippen LogP contribution in [0.3, 0.4) is 0 Å². The Morgan fingerprint density at radius 1 is 0.962 bits per heavy atom. The van der Waals surface area contributed by atoms with Gasteiger partial charge >= 0.3 is 0 Å². The number of amides is 2. The van der Waals surface area contributed by atoms with E-state index in [0.29, 0.717) is 17.1 Å². The monoisotopic (exact) mass is 348 g/mol. The highest BCUT2D eigenvalue weighted by Gasteiger charge is 2.15. The van der Waals surface area contributed by atoms with E-state index in [0.717, 1.165) is 6.42 Å². The summed E-state index contributed by atoms with van der Waals surface area (Å²) in [5, 5.41) is 9.75. The number of aryl methyl sites for hydroxylation is 2. The fraction of sp³-hybridized carbons (Fsp3) is 0.150. The number of benzene rings is 2. The van der Waals surface area contributed by atoms with Crippen molar-refractivity contribution < 1.29 is 9.59 Å². The summed E-state index contributed by atoms with van der Waals surface area (Å²) >= 11 is 0. The van der Waals surface area contributed by atoms with Crippen molar-refractivity contribution in [3.8, 4) is 0 Å². The molecule has 1 heterocycles. The lowest BCUT2D eigenvalue weighted by Crippen LogP contribution is -2.14. The number of carbonyl (C=O) groups is 2. The Hall–Kier alpha value is -3.41. The van der Waals surface area contributed by atoms with E-state index in [9.17, 15) is 9.59 Å². The van der Waals surface area contributed by atoms with Crippen LogP contribution in [0.5, 0.6) is 0 Å². The highest BCUT2D eigenvalue weighted by Crippen LogP contribution is 2.15. The van der Waals surface area contributed by atoms with Crippen LogP contribution < -0.4 is 10.6 Å². The molecule has 2 aromatic carbocycles. The van der Waals surface area contributed by atoms with Crippen LogP contribution in [-0.2, 0) is 13.5 Å². The molecule has 132 valence electrons. The minimum absolute atomic E-state index is 0.232. The van der Waals surface area contributed by atoms with Gasteiger partial charge in [-0.25, -0.2) is 0 Å². The average Bonchev–Trinajstić information content (AvgIpc) is 3.03. The zero-order valence-corrected chi connectivity index (χ0v) is 14.7. The second kappa shape index (κ2) is 7.65. The number of rotatable bonds is 5. The normalized spacial score (nSPS) is 10.4. The molecule has 0 aliphatic rings. The van der Waals surface area contributed by atoms with Gasteiger partial charge in [0.05, 0.1) is 0 Å². The summed E-state index contributed by atoms with van der Waals surface area (Å²) in [4.78, 5) is 24.6. The first-order valence-electron chi connectivity index (χ1n) is 8.37. The molecule has 0 saturated carbocycles. The predicted molar refractivity (Wildman–Crippen MR) is 101 cm³/mol. The SMILES string of the molecule is CCc1ccc(NC(=O)c2cc(NC(=O)c3ccccc3)n(C)n2)cc1. The van der Waals surface area contributed by atoms with Crippen molar-refractivity contribution in [2.24, 2.45) is 7.05 Å². The molecule has 1 aromatic heterocycles. The highest BCUT2D eigenvalue weighted by atomic mass is 16.2. The third kappa shape index (κ3) is 3.97. The van der Waals surface area contributed by atoms with Gasteiger partial charge in [-0.1, -0.05) is 37.3 Å². The molecule has 0 atom stereocenters. The van der Waals surface area contributed by atoms with Crippen LogP contribution in [0.4, 0.5) is 11.5 Å². The van der Waals surface area contributed by atoms with Crippen LogP contribution >= 0.6 is 0 Å². The average molecular weight is 348 g/mol. The molecule has 6 nitrogen and oxygen atoms in total. The van der Waals surface area contributed by atoms with Crippen molar-refractivity contribution in [3.05, 3.63) is 77.5 Å². The molecule has 0 spiro atoms. The summed E-state index contributed by atoms with van der Waals surface area (Å²) in [5.41, 5.74) is 2.67. The molecule has 0 saturated heterocycles. The molecule has 2 N–H and O–H groups in total. The first-order chi connectivity index (χ1) is 12.6. The second-order valence-corrected chi connectivity index (χ2v) is 5.86. The number of hydrogen-bond acceptors (Lipinski definition) is 3. The summed E-state index contributed by atoms with van der Waals surface area (Å²) in [6.45, 7) is 2.08. The smallest absolute Gasteiger partial charge is 0.276 e. The van der Waals surface area contributed by atoms with Gasteiger partial charge in [-0.2, -0.15) is 5.10 Å². The summed E-state index contributed by atoms with van der Waals surface area (Å²) in [6, 6.07) is 18.1. The molecule has 0 aliphatic heterocycles. The Kier molecular flexibility index (Phi) is 5.12. The number of anilines is 2. The van der Waals surface area contributed by atoms with Crippen molar-refractivity contribution in [3.63, 3.8) is 0 Å². The summed E-state index contributed by atoms with van der Waals surface area (Å²) in [6.07, 6.45) is 0.943.